The molecule has 0 spiro atoms. The smallest absolute Gasteiger partial charge is 0.306 e. The maximum Gasteiger partial charge on any atom is 0.306 e. The molecule has 2 unspecified atom stereocenters. The molecule has 0 rings (SSSR count). The highest BCUT2D eigenvalue weighted by atomic mass is 31.2. The number of nitrogens with zero attached hydrogens (tertiary/aromatic N) is 1. The Balaban J connectivity index is 4.24. The van der Waals surface area contributed by atoms with Gasteiger partial charge < -0.3 is 27.9 Å². The molecular weight excluding hydrogens is 770 g/mol. The van der Waals surface area contributed by atoms with Crippen LogP contribution < -0.4 is 4.89 Å². The highest BCUT2D eigenvalue weighted by Gasteiger charge is 2.20. The molecule has 0 aliphatic carbocycles. The summed E-state index contributed by atoms with van der Waals surface area (Å²) in [5.41, 5.74) is 0. The molecule has 0 aromatic carbocycles. The number of rotatable bonds is 44. The minimum atomic E-state index is -4.54. The molecule has 8 nitrogen and oxygen atoms in total. The van der Waals surface area contributed by atoms with Crippen LogP contribution in [0.5, 0.6) is 0 Å². The molecule has 0 bridgehead atoms. The van der Waals surface area contributed by atoms with E-state index in [1.54, 1.807) is 0 Å². The van der Waals surface area contributed by atoms with Gasteiger partial charge in [0.2, 0.25) is 0 Å². The third kappa shape index (κ3) is 47.0. The average molecular weight is 862 g/mol. The Labute approximate surface area is 370 Å². The molecule has 0 saturated carbocycles. The Morgan fingerprint density at radius 2 is 0.967 bits per heavy atom. The van der Waals surface area contributed by atoms with E-state index >= 15 is 0 Å². The molecule has 0 amide bonds. The van der Waals surface area contributed by atoms with Gasteiger partial charge in [-0.25, -0.2) is 0 Å². The standard InChI is InChI=1S/C51H92NO7P/c1-6-8-10-12-14-16-18-20-22-24-25-26-27-28-29-31-33-35-37-39-41-43-46-56-48-50(49-58-60(54,55)57-47-45-52(3,4)5)59-51(53)44-42-40-38-36-34-32-30-23-21-19-17-15-13-11-9-7-2/h8,10,14,16,20,22-23,25-26,28-30,50H,6-7,9,11-13,15,17-19,21,24,27,31-49H2,1-5H3/b10-8-,16-14-,22-20-,26-25-,29-28-,30-23-. The van der Waals surface area contributed by atoms with Crippen molar-refractivity contribution >= 4 is 13.8 Å². The Hall–Kier alpha value is -2.06. The molecule has 0 radical (unpaired) electrons. The summed E-state index contributed by atoms with van der Waals surface area (Å²) in [7, 11) is 1.33. The van der Waals surface area contributed by atoms with Crippen LogP contribution in [-0.2, 0) is 27.9 Å². The van der Waals surface area contributed by atoms with Crippen LogP contribution in [0.15, 0.2) is 72.9 Å². The van der Waals surface area contributed by atoms with E-state index in [2.05, 4.69) is 86.8 Å². The van der Waals surface area contributed by atoms with Gasteiger partial charge in [0.1, 0.15) is 19.3 Å². The molecule has 0 heterocycles. The van der Waals surface area contributed by atoms with Gasteiger partial charge in [0.15, 0.2) is 0 Å². The van der Waals surface area contributed by atoms with Crippen LogP contribution in [0.4, 0.5) is 0 Å². The van der Waals surface area contributed by atoms with Gasteiger partial charge in [-0.1, -0.05) is 170 Å². The molecule has 60 heavy (non-hydrogen) atoms. The van der Waals surface area contributed by atoms with Gasteiger partial charge in [0, 0.05) is 13.0 Å². The summed E-state index contributed by atoms with van der Waals surface area (Å²) in [6, 6.07) is 0. The van der Waals surface area contributed by atoms with Crippen molar-refractivity contribution < 1.29 is 37.3 Å². The molecule has 0 aromatic heterocycles. The Morgan fingerprint density at radius 1 is 0.533 bits per heavy atom. The Bertz CT molecular complexity index is 1190. The molecule has 0 aliphatic heterocycles. The average Bonchev–Trinajstić information content (AvgIpc) is 3.20. The van der Waals surface area contributed by atoms with Crippen molar-refractivity contribution in [2.24, 2.45) is 0 Å². The van der Waals surface area contributed by atoms with Crippen LogP contribution in [0.3, 0.4) is 0 Å². The van der Waals surface area contributed by atoms with Gasteiger partial charge in [-0.2, -0.15) is 0 Å². The van der Waals surface area contributed by atoms with Gasteiger partial charge in [-0.3, -0.25) is 9.36 Å². The topological polar surface area (TPSA) is 94.1 Å². The largest absolute Gasteiger partial charge is 0.756 e. The summed E-state index contributed by atoms with van der Waals surface area (Å²) in [4.78, 5) is 25.1. The van der Waals surface area contributed by atoms with Crippen molar-refractivity contribution in [3.63, 3.8) is 0 Å². The molecule has 0 aliphatic rings. The molecule has 2 atom stereocenters. The molecule has 0 aromatic rings. The molecule has 9 heteroatoms. The van der Waals surface area contributed by atoms with Gasteiger partial charge in [0.25, 0.3) is 7.82 Å². The first-order valence-corrected chi connectivity index (χ1v) is 25.6. The predicted octanol–water partition coefficient (Wildman–Crippen LogP) is 14.0. The lowest BCUT2D eigenvalue weighted by molar-refractivity contribution is -0.870. The predicted molar refractivity (Wildman–Crippen MR) is 254 cm³/mol. The summed E-state index contributed by atoms with van der Waals surface area (Å²) in [6.07, 6.45) is 56.3. The third-order valence-electron chi connectivity index (χ3n) is 9.99. The number of quaternary nitrogens is 1. The van der Waals surface area contributed by atoms with Crippen molar-refractivity contribution in [3.8, 4) is 0 Å². The summed E-state index contributed by atoms with van der Waals surface area (Å²) >= 11 is 0. The molecular formula is C51H92NO7P. The van der Waals surface area contributed by atoms with Crippen LogP contribution in [-0.4, -0.2) is 70.7 Å². The van der Waals surface area contributed by atoms with E-state index < -0.39 is 13.9 Å². The Morgan fingerprint density at radius 3 is 1.47 bits per heavy atom. The first-order valence-electron chi connectivity index (χ1n) is 24.2. The SMILES string of the molecule is CC/C=C\C/C=C\C/C=C\C/C=C\C/C=C\CCCCCCCCOCC(COP(=O)([O-])OCC[N+](C)(C)C)OC(=O)CCCCCCC/C=C\CCCCCCCCC. The van der Waals surface area contributed by atoms with Crippen LogP contribution in [0.25, 0.3) is 0 Å². The fraction of sp³-hybridized carbons (Fsp3) is 0.745. The fourth-order valence-electron chi connectivity index (χ4n) is 6.27. The number of hydrogen-bond donors (Lipinski definition) is 0. The minimum absolute atomic E-state index is 0.0180. The summed E-state index contributed by atoms with van der Waals surface area (Å²) in [5, 5.41) is 0. The van der Waals surface area contributed by atoms with E-state index in [-0.39, 0.29) is 25.8 Å². The summed E-state index contributed by atoms with van der Waals surface area (Å²) < 4.78 is 34.7. The number of ether oxygens (including phenoxy) is 2. The monoisotopic (exact) mass is 862 g/mol. The van der Waals surface area contributed by atoms with E-state index in [4.69, 9.17) is 18.5 Å². The van der Waals surface area contributed by atoms with E-state index in [1.165, 1.54) is 77.0 Å². The van der Waals surface area contributed by atoms with Gasteiger partial charge >= 0.3 is 5.97 Å². The molecule has 348 valence electrons. The van der Waals surface area contributed by atoms with Crippen LogP contribution in [0.1, 0.15) is 187 Å². The zero-order valence-electron chi connectivity index (χ0n) is 39.4. The van der Waals surface area contributed by atoms with E-state index in [1.807, 2.05) is 21.1 Å². The van der Waals surface area contributed by atoms with Crippen molar-refractivity contribution in [1.29, 1.82) is 0 Å². The Kier molecular flexibility index (Phi) is 42.1. The number of phosphoric ester groups is 1. The van der Waals surface area contributed by atoms with E-state index in [0.717, 1.165) is 89.9 Å². The van der Waals surface area contributed by atoms with Crippen molar-refractivity contribution in [2.75, 3.05) is 54.1 Å². The normalized spacial score (nSPS) is 14.3. The number of carbonyl (C=O) groups is 1. The van der Waals surface area contributed by atoms with Crippen molar-refractivity contribution in [2.45, 2.75) is 193 Å². The van der Waals surface area contributed by atoms with Gasteiger partial charge in [-0.15, -0.1) is 0 Å². The zero-order valence-corrected chi connectivity index (χ0v) is 40.3. The number of carbonyl (C=O) groups excluding carboxylic acids is 1. The second-order valence-electron chi connectivity index (χ2n) is 17.1. The molecule has 0 N–H and O–H groups in total. The third-order valence-corrected chi connectivity index (χ3v) is 11.0. The second kappa shape index (κ2) is 43.6. The number of phosphoric acid groups is 1. The van der Waals surface area contributed by atoms with E-state index in [9.17, 15) is 14.3 Å². The first kappa shape index (κ1) is 57.9. The quantitative estimate of drug-likeness (QED) is 0.0198. The highest BCUT2D eigenvalue weighted by Crippen LogP contribution is 2.38. The fourth-order valence-corrected chi connectivity index (χ4v) is 7.00. The first-order chi connectivity index (χ1) is 29.1. The number of likely N-dealkylation sites (N-methyl/N-ethyl adjacent to an activating group) is 1. The van der Waals surface area contributed by atoms with Crippen LogP contribution >= 0.6 is 7.82 Å². The maximum absolute atomic E-state index is 12.7. The molecule has 0 saturated heterocycles. The number of hydrogen-bond acceptors (Lipinski definition) is 7. The van der Waals surface area contributed by atoms with Gasteiger partial charge in [0.05, 0.1) is 34.4 Å². The van der Waals surface area contributed by atoms with Crippen LogP contribution in [0, 0.1) is 0 Å². The summed E-state index contributed by atoms with van der Waals surface area (Å²) in [6.45, 7) is 5.24. The number of esters is 1. The lowest BCUT2D eigenvalue weighted by atomic mass is 10.1. The number of allylic oxidation sites excluding steroid dienone is 12. The maximum atomic E-state index is 12.7. The summed E-state index contributed by atoms with van der Waals surface area (Å²) in [5.74, 6) is -0.350. The lowest BCUT2D eigenvalue weighted by Gasteiger charge is -2.28. The van der Waals surface area contributed by atoms with Crippen LogP contribution in [0.2, 0.25) is 0 Å². The van der Waals surface area contributed by atoms with Crippen molar-refractivity contribution in [3.05, 3.63) is 72.9 Å². The van der Waals surface area contributed by atoms with Crippen molar-refractivity contribution in [1.82, 2.24) is 0 Å². The number of unbranched alkanes of at least 4 members (excludes halogenated alkanes) is 18. The lowest BCUT2D eigenvalue weighted by Crippen LogP contribution is -2.37. The second-order valence-corrected chi connectivity index (χ2v) is 18.5. The highest BCUT2D eigenvalue weighted by molar-refractivity contribution is 7.45. The zero-order chi connectivity index (χ0) is 44.1. The molecule has 0 fully saturated rings. The minimum Gasteiger partial charge on any atom is -0.756 e. The van der Waals surface area contributed by atoms with Gasteiger partial charge in [-0.05, 0) is 83.5 Å². The van der Waals surface area contributed by atoms with E-state index in [0.29, 0.717) is 24.1 Å².